The summed E-state index contributed by atoms with van der Waals surface area (Å²) in [5.41, 5.74) is 1.07. The molecule has 0 aliphatic carbocycles. The largest absolute Gasteiger partial charge is 0.306 e. The maximum Gasteiger partial charge on any atom is 0.240 e. The van der Waals surface area contributed by atoms with Gasteiger partial charge in [-0.25, -0.2) is 13.1 Å². The van der Waals surface area contributed by atoms with E-state index >= 15 is 0 Å². The second kappa shape index (κ2) is 5.92. The van der Waals surface area contributed by atoms with Crippen molar-refractivity contribution in [1.29, 1.82) is 5.26 Å². The quantitative estimate of drug-likeness (QED) is 0.902. The number of sulfonamides is 1. The molecule has 1 saturated heterocycles. The lowest BCUT2D eigenvalue weighted by Gasteiger charge is -2.13. The topological polar surface area (TPSA) is 73.2 Å². The fourth-order valence-corrected chi connectivity index (χ4v) is 3.86. The molecule has 108 valence electrons. The maximum absolute atomic E-state index is 12.3. The summed E-state index contributed by atoms with van der Waals surface area (Å²) in [5.74, 6) is 0.369. The highest BCUT2D eigenvalue weighted by Gasteiger charge is 2.23. The van der Waals surface area contributed by atoms with Gasteiger partial charge < -0.3 is 4.90 Å². The molecule has 0 bridgehead atoms. The number of benzene rings is 1. The van der Waals surface area contributed by atoms with Crippen LogP contribution in [0.4, 0.5) is 0 Å². The lowest BCUT2D eigenvalue weighted by atomic mass is 10.1. The highest BCUT2D eigenvalue weighted by molar-refractivity contribution is 7.89. The van der Waals surface area contributed by atoms with Crippen molar-refractivity contribution in [2.24, 2.45) is 5.92 Å². The summed E-state index contributed by atoms with van der Waals surface area (Å²) in [5, 5.41) is 8.81. The Bertz CT molecular complexity index is 634. The van der Waals surface area contributed by atoms with Gasteiger partial charge in [0.2, 0.25) is 10.0 Å². The molecule has 1 unspecified atom stereocenters. The number of likely N-dealkylation sites (tertiary alicyclic amines) is 1. The molecule has 0 spiro atoms. The van der Waals surface area contributed by atoms with Gasteiger partial charge >= 0.3 is 0 Å². The van der Waals surface area contributed by atoms with Crippen LogP contribution in [0.1, 0.15) is 17.5 Å². The highest BCUT2D eigenvalue weighted by Crippen LogP contribution is 2.18. The number of nitrogens with zero attached hydrogens (tertiary/aromatic N) is 2. The van der Waals surface area contributed by atoms with Crippen molar-refractivity contribution in [2.75, 3.05) is 26.7 Å². The highest BCUT2D eigenvalue weighted by atomic mass is 32.2. The van der Waals surface area contributed by atoms with E-state index in [9.17, 15) is 8.42 Å². The number of nitrogens with one attached hydrogen (secondary N) is 1. The SMILES string of the molecule is Cc1cc(C#N)ccc1S(=O)(=O)NCC1CCN(C)C1. The van der Waals surface area contributed by atoms with Gasteiger partial charge in [0.15, 0.2) is 0 Å². The molecule has 20 heavy (non-hydrogen) atoms. The molecule has 1 N–H and O–H groups in total. The zero-order valence-corrected chi connectivity index (χ0v) is 12.6. The van der Waals surface area contributed by atoms with E-state index in [-0.39, 0.29) is 4.90 Å². The predicted molar refractivity (Wildman–Crippen MR) is 76.7 cm³/mol. The summed E-state index contributed by atoms with van der Waals surface area (Å²) in [6, 6.07) is 6.63. The van der Waals surface area contributed by atoms with Crippen LogP contribution in [0.5, 0.6) is 0 Å². The van der Waals surface area contributed by atoms with Gasteiger partial charge in [-0.05, 0) is 56.6 Å². The molecule has 1 aliphatic heterocycles. The molecule has 1 aliphatic rings. The molecule has 0 amide bonds. The van der Waals surface area contributed by atoms with E-state index in [2.05, 4.69) is 9.62 Å². The third-order valence-corrected chi connectivity index (χ3v) is 5.23. The van der Waals surface area contributed by atoms with E-state index in [1.54, 1.807) is 13.0 Å². The Labute approximate surface area is 120 Å². The first-order chi connectivity index (χ1) is 9.42. The van der Waals surface area contributed by atoms with Gasteiger partial charge in [-0.15, -0.1) is 0 Å². The molecule has 1 atom stereocenters. The molecule has 5 nitrogen and oxygen atoms in total. The van der Waals surface area contributed by atoms with Gasteiger partial charge in [0, 0.05) is 13.1 Å². The van der Waals surface area contributed by atoms with Crippen LogP contribution in [0, 0.1) is 24.2 Å². The van der Waals surface area contributed by atoms with Crippen LogP contribution in [-0.4, -0.2) is 40.0 Å². The zero-order valence-electron chi connectivity index (χ0n) is 11.8. The smallest absolute Gasteiger partial charge is 0.240 e. The Kier molecular flexibility index (Phi) is 4.43. The molecule has 1 aromatic rings. The standard InChI is InChI=1S/C14H19N3O2S/c1-11-7-12(8-15)3-4-14(11)20(18,19)16-9-13-5-6-17(2)10-13/h3-4,7,13,16H,5-6,9-10H2,1-2H3. The first-order valence-electron chi connectivity index (χ1n) is 6.61. The van der Waals surface area contributed by atoms with Crippen molar-refractivity contribution in [3.8, 4) is 6.07 Å². The van der Waals surface area contributed by atoms with Crippen LogP contribution >= 0.6 is 0 Å². The van der Waals surface area contributed by atoms with Gasteiger partial charge in [-0.2, -0.15) is 5.26 Å². The van der Waals surface area contributed by atoms with E-state index in [1.807, 2.05) is 13.1 Å². The molecule has 6 heteroatoms. The van der Waals surface area contributed by atoms with Crippen molar-refractivity contribution in [1.82, 2.24) is 9.62 Å². The van der Waals surface area contributed by atoms with Crippen LogP contribution in [0.3, 0.4) is 0 Å². The third-order valence-electron chi connectivity index (χ3n) is 3.64. The lowest BCUT2D eigenvalue weighted by Crippen LogP contribution is -2.31. The molecule has 1 fully saturated rings. The Hall–Kier alpha value is -1.42. The normalized spacial score (nSPS) is 19.9. The molecule has 0 saturated carbocycles. The monoisotopic (exact) mass is 293 g/mol. The van der Waals surface area contributed by atoms with Crippen molar-refractivity contribution >= 4 is 10.0 Å². The average molecular weight is 293 g/mol. The average Bonchev–Trinajstić information content (AvgIpc) is 2.82. The van der Waals surface area contributed by atoms with Crippen molar-refractivity contribution < 1.29 is 8.42 Å². The van der Waals surface area contributed by atoms with Crippen LogP contribution in [0.2, 0.25) is 0 Å². The van der Waals surface area contributed by atoms with Gasteiger partial charge in [0.1, 0.15) is 0 Å². The number of rotatable bonds is 4. The second-order valence-corrected chi connectivity index (χ2v) is 7.10. The molecule has 0 radical (unpaired) electrons. The number of hydrogen-bond donors (Lipinski definition) is 1. The lowest BCUT2D eigenvalue weighted by molar-refractivity contribution is 0.394. The molecule has 1 aromatic carbocycles. The fourth-order valence-electron chi connectivity index (χ4n) is 2.52. The molecular formula is C14H19N3O2S. The van der Waals surface area contributed by atoms with E-state index in [0.29, 0.717) is 23.6 Å². The van der Waals surface area contributed by atoms with Crippen LogP contribution in [0.25, 0.3) is 0 Å². The summed E-state index contributed by atoms with van der Waals surface area (Å²) in [7, 11) is -1.46. The Morgan fingerprint density at radius 2 is 2.25 bits per heavy atom. The summed E-state index contributed by atoms with van der Waals surface area (Å²) in [4.78, 5) is 2.45. The Morgan fingerprint density at radius 1 is 1.50 bits per heavy atom. The minimum absolute atomic E-state index is 0.253. The summed E-state index contributed by atoms with van der Waals surface area (Å²) in [6.07, 6.45) is 1.02. The second-order valence-electron chi connectivity index (χ2n) is 5.36. The minimum atomic E-state index is -3.50. The van der Waals surface area contributed by atoms with Crippen LogP contribution < -0.4 is 4.72 Å². The van der Waals surface area contributed by atoms with Gasteiger partial charge in [-0.3, -0.25) is 0 Å². The minimum Gasteiger partial charge on any atom is -0.306 e. The first-order valence-corrected chi connectivity index (χ1v) is 8.09. The first kappa shape index (κ1) is 15.0. The van der Waals surface area contributed by atoms with Crippen LogP contribution in [0.15, 0.2) is 23.1 Å². The predicted octanol–water partition coefficient (Wildman–Crippen LogP) is 1.10. The van der Waals surface area contributed by atoms with Gasteiger partial charge in [0.25, 0.3) is 0 Å². The Balaban J connectivity index is 2.09. The maximum atomic E-state index is 12.3. The summed E-state index contributed by atoms with van der Waals surface area (Å²) >= 11 is 0. The van der Waals surface area contributed by atoms with Gasteiger partial charge in [0.05, 0.1) is 16.5 Å². The van der Waals surface area contributed by atoms with Crippen molar-refractivity contribution in [3.63, 3.8) is 0 Å². The third kappa shape index (κ3) is 3.37. The van der Waals surface area contributed by atoms with Gasteiger partial charge in [-0.1, -0.05) is 0 Å². The van der Waals surface area contributed by atoms with E-state index in [0.717, 1.165) is 19.5 Å². The van der Waals surface area contributed by atoms with Crippen LogP contribution in [-0.2, 0) is 10.0 Å². The van der Waals surface area contributed by atoms with Crippen molar-refractivity contribution in [2.45, 2.75) is 18.2 Å². The Morgan fingerprint density at radius 3 is 2.80 bits per heavy atom. The van der Waals surface area contributed by atoms with Crippen molar-refractivity contribution in [3.05, 3.63) is 29.3 Å². The number of aryl methyl sites for hydroxylation is 1. The van der Waals surface area contributed by atoms with E-state index in [1.165, 1.54) is 12.1 Å². The summed E-state index contributed by atoms with van der Waals surface area (Å²) in [6.45, 7) is 4.11. The molecular weight excluding hydrogens is 274 g/mol. The zero-order chi connectivity index (χ0) is 14.8. The molecule has 1 heterocycles. The van der Waals surface area contributed by atoms with E-state index in [4.69, 9.17) is 5.26 Å². The fraction of sp³-hybridized carbons (Fsp3) is 0.500. The summed E-state index contributed by atoms with van der Waals surface area (Å²) < 4.78 is 27.2. The molecule has 0 aromatic heterocycles. The molecule has 2 rings (SSSR count). The number of hydrogen-bond acceptors (Lipinski definition) is 4. The number of nitriles is 1. The van der Waals surface area contributed by atoms with E-state index < -0.39 is 10.0 Å².